The van der Waals surface area contributed by atoms with Crippen LogP contribution in [0.4, 0.5) is 5.69 Å². The first kappa shape index (κ1) is 23.6. The SMILES string of the molecule is CC[C@@H](C(=O)NCc1ccc(CN2CCCC2)cc1)N(c1cccc(Cl)c1)S(C)(=O)=O. The van der Waals surface area contributed by atoms with Crippen LogP contribution in [0.5, 0.6) is 0 Å². The van der Waals surface area contributed by atoms with E-state index >= 15 is 0 Å². The number of sulfonamides is 1. The summed E-state index contributed by atoms with van der Waals surface area (Å²) in [5.41, 5.74) is 2.61. The summed E-state index contributed by atoms with van der Waals surface area (Å²) in [4.78, 5) is 15.4. The van der Waals surface area contributed by atoms with Crippen molar-refractivity contribution in [1.82, 2.24) is 10.2 Å². The van der Waals surface area contributed by atoms with Gasteiger partial charge < -0.3 is 5.32 Å². The number of benzene rings is 2. The van der Waals surface area contributed by atoms with E-state index in [4.69, 9.17) is 11.6 Å². The topological polar surface area (TPSA) is 69.7 Å². The van der Waals surface area contributed by atoms with Crippen LogP contribution in [0.3, 0.4) is 0 Å². The van der Waals surface area contributed by atoms with Crippen molar-refractivity contribution >= 4 is 33.2 Å². The van der Waals surface area contributed by atoms with E-state index in [0.717, 1.165) is 35.8 Å². The quantitative estimate of drug-likeness (QED) is 0.614. The molecule has 1 fully saturated rings. The van der Waals surface area contributed by atoms with Gasteiger partial charge in [-0.1, -0.05) is 48.9 Å². The average molecular weight is 464 g/mol. The molecular weight excluding hydrogens is 434 g/mol. The lowest BCUT2D eigenvalue weighted by molar-refractivity contribution is -0.122. The Hall–Kier alpha value is -2.09. The molecule has 1 amide bonds. The molecule has 1 atom stereocenters. The molecular formula is C23H30ClN3O3S. The molecule has 1 N–H and O–H groups in total. The number of anilines is 1. The molecule has 1 saturated heterocycles. The zero-order chi connectivity index (χ0) is 22.4. The third kappa shape index (κ3) is 6.45. The maximum atomic E-state index is 12.9. The largest absolute Gasteiger partial charge is 0.350 e. The fraction of sp³-hybridized carbons (Fsp3) is 0.435. The Morgan fingerprint density at radius 1 is 1.13 bits per heavy atom. The predicted octanol–water partition coefficient (Wildman–Crippen LogP) is 3.80. The number of carbonyl (C=O) groups is 1. The van der Waals surface area contributed by atoms with E-state index in [9.17, 15) is 13.2 Å². The van der Waals surface area contributed by atoms with Crippen molar-refractivity contribution in [3.8, 4) is 0 Å². The second kappa shape index (κ2) is 10.5. The lowest BCUT2D eigenvalue weighted by Gasteiger charge is -2.30. The minimum Gasteiger partial charge on any atom is -0.350 e. The number of rotatable bonds is 9. The van der Waals surface area contributed by atoms with Gasteiger partial charge in [-0.3, -0.25) is 14.0 Å². The Morgan fingerprint density at radius 3 is 2.35 bits per heavy atom. The Labute approximate surface area is 190 Å². The van der Waals surface area contributed by atoms with E-state index < -0.39 is 16.1 Å². The van der Waals surface area contributed by atoms with Crippen molar-refractivity contribution in [2.75, 3.05) is 23.7 Å². The van der Waals surface area contributed by atoms with Gasteiger partial charge in [0.25, 0.3) is 0 Å². The van der Waals surface area contributed by atoms with Crippen LogP contribution in [0.2, 0.25) is 5.02 Å². The Kier molecular flexibility index (Phi) is 7.97. The number of amides is 1. The highest BCUT2D eigenvalue weighted by molar-refractivity contribution is 7.92. The van der Waals surface area contributed by atoms with E-state index in [0.29, 0.717) is 23.7 Å². The zero-order valence-electron chi connectivity index (χ0n) is 18.1. The van der Waals surface area contributed by atoms with Crippen LogP contribution in [0, 0.1) is 0 Å². The summed E-state index contributed by atoms with van der Waals surface area (Å²) in [6, 6.07) is 13.9. The molecule has 0 aromatic heterocycles. The van der Waals surface area contributed by atoms with Crippen LogP contribution >= 0.6 is 11.6 Å². The lowest BCUT2D eigenvalue weighted by Crippen LogP contribution is -2.49. The smallest absolute Gasteiger partial charge is 0.244 e. The first-order valence-electron chi connectivity index (χ1n) is 10.6. The molecule has 0 spiro atoms. The molecule has 2 aromatic carbocycles. The van der Waals surface area contributed by atoms with Crippen molar-refractivity contribution in [3.05, 3.63) is 64.7 Å². The number of nitrogens with zero attached hydrogens (tertiary/aromatic N) is 2. The standard InChI is InChI=1S/C23H30ClN3O3S/c1-3-22(27(31(2,29)30)21-8-6-7-20(24)15-21)23(28)25-16-18-9-11-19(12-10-18)17-26-13-4-5-14-26/h6-12,15,22H,3-5,13-14,16-17H2,1-2H3,(H,25,28)/t22-/m0/s1. The maximum absolute atomic E-state index is 12.9. The Bertz CT molecular complexity index is 989. The molecule has 8 heteroatoms. The van der Waals surface area contributed by atoms with Gasteiger partial charge in [0, 0.05) is 18.1 Å². The second-order valence-corrected chi connectivity index (χ2v) is 10.3. The monoisotopic (exact) mass is 463 g/mol. The molecule has 31 heavy (non-hydrogen) atoms. The summed E-state index contributed by atoms with van der Waals surface area (Å²) in [7, 11) is -3.68. The normalized spacial score (nSPS) is 15.6. The number of halogens is 1. The lowest BCUT2D eigenvalue weighted by atomic mass is 10.1. The molecule has 0 radical (unpaired) electrons. The summed E-state index contributed by atoms with van der Waals surface area (Å²) < 4.78 is 26.1. The van der Waals surface area contributed by atoms with Crippen LogP contribution in [-0.2, 0) is 27.9 Å². The van der Waals surface area contributed by atoms with Gasteiger partial charge in [-0.15, -0.1) is 0 Å². The summed E-state index contributed by atoms with van der Waals surface area (Å²) in [5.74, 6) is -0.339. The average Bonchev–Trinajstić information content (AvgIpc) is 3.23. The number of hydrogen-bond donors (Lipinski definition) is 1. The van der Waals surface area contributed by atoms with Crippen LogP contribution < -0.4 is 9.62 Å². The van der Waals surface area contributed by atoms with Crippen LogP contribution in [-0.4, -0.2) is 44.6 Å². The molecule has 0 aliphatic carbocycles. The fourth-order valence-electron chi connectivity index (χ4n) is 3.94. The van der Waals surface area contributed by atoms with Crippen LogP contribution in [0.25, 0.3) is 0 Å². The van der Waals surface area contributed by atoms with Crippen molar-refractivity contribution in [2.24, 2.45) is 0 Å². The second-order valence-electron chi connectivity index (χ2n) is 7.98. The Balaban J connectivity index is 1.66. The molecule has 0 saturated carbocycles. The van der Waals surface area contributed by atoms with Crippen LogP contribution in [0.1, 0.15) is 37.3 Å². The van der Waals surface area contributed by atoms with Crippen molar-refractivity contribution in [1.29, 1.82) is 0 Å². The molecule has 1 aliphatic rings. The molecule has 6 nitrogen and oxygen atoms in total. The van der Waals surface area contributed by atoms with Gasteiger partial charge in [-0.2, -0.15) is 0 Å². The minimum absolute atomic E-state index is 0.334. The van der Waals surface area contributed by atoms with Gasteiger partial charge in [-0.05, 0) is 61.7 Å². The summed E-state index contributed by atoms with van der Waals surface area (Å²) >= 11 is 6.05. The van der Waals surface area contributed by atoms with Crippen LogP contribution in [0.15, 0.2) is 48.5 Å². The first-order chi connectivity index (χ1) is 14.8. The predicted molar refractivity (Wildman–Crippen MR) is 126 cm³/mol. The number of hydrogen-bond acceptors (Lipinski definition) is 4. The molecule has 1 heterocycles. The number of carbonyl (C=O) groups excluding carboxylic acids is 1. The van der Waals surface area contributed by atoms with Gasteiger partial charge in [0.2, 0.25) is 15.9 Å². The third-order valence-electron chi connectivity index (χ3n) is 5.49. The maximum Gasteiger partial charge on any atom is 0.244 e. The van der Waals surface area contributed by atoms with E-state index in [2.05, 4.69) is 22.3 Å². The fourth-order valence-corrected chi connectivity index (χ4v) is 5.33. The van der Waals surface area contributed by atoms with Gasteiger partial charge in [-0.25, -0.2) is 8.42 Å². The van der Waals surface area contributed by atoms with E-state index in [1.165, 1.54) is 18.4 Å². The van der Waals surface area contributed by atoms with Gasteiger partial charge in [0.05, 0.1) is 11.9 Å². The molecule has 0 bridgehead atoms. The van der Waals surface area contributed by atoms with Crippen molar-refractivity contribution in [2.45, 2.75) is 45.3 Å². The van der Waals surface area contributed by atoms with Crippen molar-refractivity contribution in [3.63, 3.8) is 0 Å². The molecule has 1 aliphatic heterocycles. The third-order valence-corrected chi connectivity index (χ3v) is 6.90. The number of nitrogens with one attached hydrogen (secondary N) is 1. The zero-order valence-corrected chi connectivity index (χ0v) is 19.6. The highest BCUT2D eigenvalue weighted by atomic mass is 35.5. The Morgan fingerprint density at radius 2 is 1.77 bits per heavy atom. The summed E-state index contributed by atoms with van der Waals surface area (Å²) in [6.07, 6.45) is 3.97. The highest BCUT2D eigenvalue weighted by Gasteiger charge is 2.31. The van der Waals surface area contributed by atoms with Gasteiger partial charge in [0.1, 0.15) is 6.04 Å². The molecule has 3 rings (SSSR count). The van der Waals surface area contributed by atoms with E-state index in [-0.39, 0.29) is 5.91 Å². The number of likely N-dealkylation sites (tertiary alicyclic amines) is 1. The highest BCUT2D eigenvalue weighted by Crippen LogP contribution is 2.25. The summed E-state index contributed by atoms with van der Waals surface area (Å²) in [5, 5.41) is 3.30. The minimum atomic E-state index is -3.68. The molecule has 0 unspecified atom stereocenters. The first-order valence-corrected chi connectivity index (χ1v) is 12.8. The summed E-state index contributed by atoms with van der Waals surface area (Å²) in [6.45, 7) is 5.39. The molecule has 168 valence electrons. The van der Waals surface area contributed by atoms with E-state index in [1.54, 1.807) is 31.2 Å². The van der Waals surface area contributed by atoms with Crippen molar-refractivity contribution < 1.29 is 13.2 Å². The van der Waals surface area contributed by atoms with Gasteiger partial charge in [0.15, 0.2) is 0 Å². The van der Waals surface area contributed by atoms with E-state index in [1.807, 2.05) is 12.1 Å². The van der Waals surface area contributed by atoms with Gasteiger partial charge >= 0.3 is 0 Å². The molecule has 2 aromatic rings.